The molecule has 4 heteroatoms. The zero-order valence-electron chi connectivity index (χ0n) is 5.86. The molecular formula is C7H7N2O2. The van der Waals surface area contributed by atoms with Gasteiger partial charge in [-0.2, -0.15) is 0 Å². The summed E-state index contributed by atoms with van der Waals surface area (Å²) in [4.78, 5) is 17.5. The summed E-state index contributed by atoms with van der Waals surface area (Å²) in [7, 11) is 0. The molecule has 0 N–H and O–H groups in total. The van der Waals surface area contributed by atoms with E-state index in [0.29, 0.717) is 12.2 Å². The van der Waals surface area contributed by atoms with Crippen LogP contribution in [0, 0.1) is 0 Å². The van der Waals surface area contributed by atoms with E-state index in [9.17, 15) is 4.79 Å². The number of ether oxygens (including phenoxy) is 1. The summed E-state index contributed by atoms with van der Waals surface area (Å²) >= 11 is 0. The average Bonchev–Trinajstić information content (AvgIpc) is 2.07. The van der Waals surface area contributed by atoms with Crippen LogP contribution in [0.5, 0.6) is 0 Å². The van der Waals surface area contributed by atoms with Crippen LogP contribution >= 0.6 is 0 Å². The van der Waals surface area contributed by atoms with Gasteiger partial charge in [0, 0.05) is 18.8 Å². The van der Waals surface area contributed by atoms with Crippen molar-refractivity contribution in [3.05, 3.63) is 24.3 Å². The Labute approximate surface area is 64.2 Å². The van der Waals surface area contributed by atoms with Crippen LogP contribution in [-0.4, -0.2) is 23.0 Å². The summed E-state index contributed by atoms with van der Waals surface area (Å²) in [6.07, 6.45) is 3.83. The fourth-order valence-electron chi connectivity index (χ4n) is 0.643. The molecule has 1 radical (unpaired) electrons. The van der Waals surface area contributed by atoms with Gasteiger partial charge in [-0.05, 0) is 6.07 Å². The van der Waals surface area contributed by atoms with Crippen LogP contribution in [0.4, 0.5) is 0 Å². The maximum atomic E-state index is 9.61. The average molecular weight is 151 g/mol. The first-order valence-corrected chi connectivity index (χ1v) is 3.18. The van der Waals surface area contributed by atoms with E-state index in [1.807, 2.05) is 0 Å². The van der Waals surface area contributed by atoms with Crippen LogP contribution in [0.1, 0.15) is 5.82 Å². The molecule has 0 saturated carbocycles. The van der Waals surface area contributed by atoms with Crippen molar-refractivity contribution in [2.45, 2.75) is 6.42 Å². The first-order valence-electron chi connectivity index (χ1n) is 3.18. The minimum absolute atomic E-state index is 0.285. The van der Waals surface area contributed by atoms with E-state index < -0.39 is 0 Å². The molecule has 0 atom stereocenters. The molecule has 1 aromatic heterocycles. The van der Waals surface area contributed by atoms with E-state index in [2.05, 4.69) is 14.7 Å². The van der Waals surface area contributed by atoms with Gasteiger partial charge in [-0.3, -0.25) is 0 Å². The molecule has 0 aliphatic carbocycles. The van der Waals surface area contributed by atoms with Crippen LogP contribution in [0.25, 0.3) is 0 Å². The Kier molecular flexibility index (Phi) is 3.05. The Bertz CT molecular complexity index is 213. The van der Waals surface area contributed by atoms with Crippen molar-refractivity contribution < 1.29 is 9.53 Å². The molecule has 1 aromatic rings. The molecular weight excluding hydrogens is 144 g/mol. The summed E-state index contributed by atoms with van der Waals surface area (Å²) < 4.78 is 4.35. The quantitative estimate of drug-likeness (QED) is 0.573. The number of hydrogen-bond donors (Lipinski definition) is 0. The van der Waals surface area contributed by atoms with E-state index in [0.717, 1.165) is 0 Å². The lowest BCUT2D eigenvalue weighted by Gasteiger charge is -1.95. The predicted octanol–water partition coefficient (Wildman–Crippen LogP) is 0.103. The first kappa shape index (κ1) is 7.65. The molecule has 0 fully saturated rings. The van der Waals surface area contributed by atoms with Crippen molar-refractivity contribution in [2.75, 3.05) is 6.61 Å². The van der Waals surface area contributed by atoms with Gasteiger partial charge >= 0.3 is 6.47 Å². The number of carbonyl (C=O) groups excluding carboxylic acids is 1. The molecule has 57 valence electrons. The summed E-state index contributed by atoms with van der Waals surface area (Å²) in [5.41, 5.74) is 0. The Morgan fingerprint density at radius 1 is 1.45 bits per heavy atom. The van der Waals surface area contributed by atoms with E-state index >= 15 is 0 Å². The fraction of sp³-hybridized carbons (Fsp3) is 0.286. The maximum absolute atomic E-state index is 9.61. The summed E-state index contributed by atoms with van der Waals surface area (Å²) in [5, 5.41) is 0. The van der Waals surface area contributed by atoms with Crippen molar-refractivity contribution >= 4 is 6.47 Å². The van der Waals surface area contributed by atoms with Crippen LogP contribution in [0.2, 0.25) is 0 Å². The lowest BCUT2D eigenvalue weighted by Crippen LogP contribution is -2.00. The van der Waals surface area contributed by atoms with E-state index in [-0.39, 0.29) is 6.61 Å². The van der Waals surface area contributed by atoms with E-state index in [1.54, 1.807) is 18.5 Å². The number of nitrogens with zero attached hydrogens (tertiary/aromatic N) is 2. The molecule has 1 rings (SSSR count). The zero-order valence-corrected chi connectivity index (χ0v) is 5.86. The van der Waals surface area contributed by atoms with Gasteiger partial charge in [-0.1, -0.05) is 0 Å². The van der Waals surface area contributed by atoms with Crippen LogP contribution < -0.4 is 0 Å². The normalized spacial score (nSPS) is 9.09. The van der Waals surface area contributed by atoms with Gasteiger partial charge in [0.1, 0.15) is 5.82 Å². The number of hydrogen-bond acceptors (Lipinski definition) is 4. The molecule has 0 aliphatic heterocycles. The monoisotopic (exact) mass is 151 g/mol. The number of rotatable bonds is 4. The van der Waals surface area contributed by atoms with Crippen molar-refractivity contribution in [1.82, 2.24) is 9.97 Å². The van der Waals surface area contributed by atoms with Crippen molar-refractivity contribution in [3.8, 4) is 0 Å². The fourth-order valence-corrected chi connectivity index (χ4v) is 0.643. The number of aromatic nitrogens is 2. The largest absolute Gasteiger partial charge is 0.457 e. The molecule has 0 aromatic carbocycles. The van der Waals surface area contributed by atoms with Crippen LogP contribution in [0.15, 0.2) is 18.5 Å². The second-order valence-electron chi connectivity index (χ2n) is 1.85. The van der Waals surface area contributed by atoms with Crippen LogP contribution in [0.3, 0.4) is 0 Å². The molecule has 0 unspecified atom stereocenters. The highest BCUT2D eigenvalue weighted by atomic mass is 16.5. The third-order valence-corrected chi connectivity index (χ3v) is 1.11. The predicted molar refractivity (Wildman–Crippen MR) is 37.4 cm³/mol. The van der Waals surface area contributed by atoms with E-state index in [1.165, 1.54) is 6.47 Å². The highest BCUT2D eigenvalue weighted by Crippen LogP contribution is 1.88. The third kappa shape index (κ3) is 2.75. The lowest BCUT2D eigenvalue weighted by molar-refractivity contribution is 0.279. The highest BCUT2D eigenvalue weighted by molar-refractivity contribution is 5.38. The van der Waals surface area contributed by atoms with Crippen LogP contribution in [-0.2, 0) is 16.0 Å². The van der Waals surface area contributed by atoms with Gasteiger partial charge in [0.25, 0.3) is 0 Å². The van der Waals surface area contributed by atoms with Gasteiger partial charge in [0.05, 0.1) is 6.61 Å². The standard InChI is InChI=1S/C7H7N2O2/c10-6-11-5-2-7-8-3-1-4-9-7/h1,3-4H,2,5H2. The van der Waals surface area contributed by atoms with Crippen molar-refractivity contribution in [1.29, 1.82) is 0 Å². The molecule has 0 amide bonds. The Morgan fingerprint density at radius 3 is 2.82 bits per heavy atom. The molecule has 1 heterocycles. The molecule has 0 aliphatic rings. The minimum Gasteiger partial charge on any atom is -0.457 e. The first-order chi connectivity index (χ1) is 5.43. The maximum Gasteiger partial charge on any atom is 0.417 e. The summed E-state index contributed by atoms with van der Waals surface area (Å²) in [6.45, 7) is 1.62. The molecule has 0 bridgehead atoms. The summed E-state index contributed by atoms with van der Waals surface area (Å²) in [6, 6.07) is 1.73. The Morgan fingerprint density at radius 2 is 2.18 bits per heavy atom. The molecule has 4 nitrogen and oxygen atoms in total. The summed E-state index contributed by atoms with van der Waals surface area (Å²) in [5.74, 6) is 0.669. The smallest absolute Gasteiger partial charge is 0.417 e. The van der Waals surface area contributed by atoms with Gasteiger partial charge < -0.3 is 4.74 Å². The van der Waals surface area contributed by atoms with Gasteiger partial charge in [0.15, 0.2) is 0 Å². The van der Waals surface area contributed by atoms with Crippen molar-refractivity contribution in [2.24, 2.45) is 0 Å². The van der Waals surface area contributed by atoms with Gasteiger partial charge in [-0.25, -0.2) is 14.8 Å². The van der Waals surface area contributed by atoms with Gasteiger partial charge in [-0.15, -0.1) is 0 Å². The van der Waals surface area contributed by atoms with E-state index in [4.69, 9.17) is 0 Å². The molecule has 0 spiro atoms. The molecule has 11 heavy (non-hydrogen) atoms. The van der Waals surface area contributed by atoms with Crippen molar-refractivity contribution in [3.63, 3.8) is 0 Å². The third-order valence-electron chi connectivity index (χ3n) is 1.11. The zero-order chi connectivity index (χ0) is 7.94. The topological polar surface area (TPSA) is 52.1 Å². The molecule has 0 saturated heterocycles. The Hall–Kier alpha value is -1.45. The minimum atomic E-state index is 0.285. The second kappa shape index (κ2) is 4.38. The Balaban J connectivity index is 2.33. The van der Waals surface area contributed by atoms with Gasteiger partial charge in [0.2, 0.25) is 0 Å². The highest BCUT2D eigenvalue weighted by Gasteiger charge is 1.93. The second-order valence-corrected chi connectivity index (χ2v) is 1.85. The lowest BCUT2D eigenvalue weighted by atomic mass is 10.4. The SMILES string of the molecule is O=[C]OCCc1ncccn1.